The minimum Gasteiger partial charge on any atom is -0.296 e. The summed E-state index contributed by atoms with van der Waals surface area (Å²) in [5.74, 6) is 0. The average molecular weight is 174 g/mol. The number of hydrogen-bond donors (Lipinski definition) is 2. The highest BCUT2D eigenvalue weighted by molar-refractivity contribution is 5.19. The highest BCUT2D eigenvalue weighted by Gasteiger charge is 2.16. The van der Waals surface area contributed by atoms with Crippen LogP contribution in [0.4, 0.5) is 8.78 Å². The molecule has 0 aliphatic rings. The maximum Gasteiger partial charge on any atom is 0.280 e. The quantitative estimate of drug-likeness (QED) is 0.668. The Labute approximate surface area is 67.1 Å². The molecule has 5 heteroatoms. The predicted molar refractivity (Wildman–Crippen MR) is 40.3 cm³/mol. The second kappa shape index (κ2) is 3.34. The van der Waals surface area contributed by atoms with Crippen molar-refractivity contribution in [2.24, 2.45) is 0 Å². The van der Waals surface area contributed by atoms with Crippen molar-refractivity contribution in [2.45, 2.75) is 12.8 Å². The van der Waals surface area contributed by atoms with Crippen LogP contribution in [0.2, 0.25) is 0 Å². The second-order valence-corrected chi connectivity index (χ2v) is 2.26. The third-order valence-electron chi connectivity index (χ3n) is 1.48. The Balaban J connectivity index is 3.12. The van der Waals surface area contributed by atoms with E-state index in [-0.39, 0.29) is 17.7 Å². The van der Waals surface area contributed by atoms with Gasteiger partial charge in [-0.05, 0) is 6.42 Å². The number of hydrogen-bond acceptors (Lipinski definition) is 1. The van der Waals surface area contributed by atoms with Gasteiger partial charge in [-0.1, -0.05) is 6.08 Å². The summed E-state index contributed by atoms with van der Waals surface area (Å²) >= 11 is 0. The first-order chi connectivity index (χ1) is 5.66. The van der Waals surface area contributed by atoms with Gasteiger partial charge in [-0.2, -0.15) is 0 Å². The summed E-state index contributed by atoms with van der Waals surface area (Å²) < 4.78 is 24.3. The van der Waals surface area contributed by atoms with Crippen LogP contribution in [0.25, 0.3) is 0 Å². The maximum absolute atomic E-state index is 12.1. The zero-order valence-electron chi connectivity index (χ0n) is 6.23. The fraction of sp³-hybridized carbons (Fsp3) is 0.286. The fourth-order valence-electron chi connectivity index (χ4n) is 0.931. The van der Waals surface area contributed by atoms with Gasteiger partial charge in [0.15, 0.2) is 0 Å². The lowest BCUT2D eigenvalue weighted by atomic mass is 10.2. The van der Waals surface area contributed by atoms with Crippen LogP contribution in [0.1, 0.15) is 17.7 Å². The van der Waals surface area contributed by atoms with Crippen LogP contribution in [0.15, 0.2) is 17.4 Å². The van der Waals surface area contributed by atoms with Crippen LogP contribution < -0.4 is 5.56 Å². The van der Waals surface area contributed by atoms with Crippen molar-refractivity contribution >= 4 is 0 Å². The van der Waals surface area contributed by atoms with E-state index in [1.807, 2.05) is 0 Å². The number of H-pyrrole nitrogens is 2. The first-order valence-corrected chi connectivity index (χ1v) is 3.35. The van der Waals surface area contributed by atoms with E-state index in [9.17, 15) is 13.6 Å². The first-order valence-electron chi connectivity index (χ1n) is 3.35. The predicted octanol–water partition coefficient (Wildman–Crippen LogP) is 1.37. The third-order valence-corrected chi connectivity index (χ3v) is 1.48. The van der Waals surface area contributed by atoms with Gasteiger partial charge in [0, 0.05) is 5.56 Å². The Kier molecular flexibility index (Phi) is 2.42. The smallest absolute Gasteiger partial charge is 0.280 e. The Morgan fingerprint density at radius 3 is 2.67 bits per heavy atom. The SMILES string of the molecule is C=CCc1c(C(F)F)[nH][nH]c1=O. The number of alkyl halides is 2. The summed E-state index contributed by atoms with van der Waals surface area (Å²) in [5.41, 5.74) is -0.801. The molecule has 0 aliphatic heterocycles. The van der Waals surface area contributed by atoms with E-state index in [0.29, 0.717) is 0 Å². The summed E-state index contributed by atoms with van der Waals surface area (Å²) in [6.45, 7) is 3.37. The number of aromatic nitrogens is 2. The van der Waals surface area contributed by atoms with E-state index in [4.69, 9.17) is 0 Å². The molecule has 3 nitrogen and oxygen atoms in total. The molecule has 0 fully saturated rings. The lowest BCUT2D eigenvalue weighted by Gasteiger charge is -1.95. The van der Waals surface area contributed by atoms with Gasteiger partial charge in [0.25, 0.3) is 12.0 Å². The molecule has 0 atom stereocenters. The van der Waals surface area contributed by atoms with Crippen molar-refractivity contribution < 1.29 is 8.78 Å². The molecule has 12 heavy (non-hydrogen) atoms. The Hall–Kier alpha value is -1.39. The number of halogens is 2. The van der Waals surface area contributed by atoms with Gasteiger partial charge in [-0.15, -0.1) is 6.58 Å². The van der Waals surface area contributed by atoms with Crippen LogP contribution >= 0.6 is 0 Å². The van der Waals surface area contributed by atoms with Gasteiger partial charge in [-0.3, -0.25) is 15.0 Å². The molecule has 0 aliphatic carbocycles. The van der Waals surface area contributed by atoms with E-state index >= 15 is 0 Å². The molecule has 2 N–H and O–H groups in total. The molecule has 0 aromatic carbocycles. The van der Waals surface area contributed by atoms with Gasteiger partial charge in [0.05, 0.1) is 0 Å². The van der Waals surface area contributed by atoms with Gasteiger partial charge in [-0.25, -0.2) is 8.78 Å². The lowest BCUT2D eigenvalue weighted by molar-refractivity contribution is 0.145. The summed E-state index contributed by atoms with van der Waals surface area (Å²) in [5, 5.41) is 4.22. The van der Waals surface area contributed by atoms with E-state index in [0.717, 1.165) is 0 Å². The molecule has 1 aromatic rings. The number of allylic oxidation sites excluding steroid dienone is 1. The lowest BCUT2D eigenvalue weighted by Crippen LogP contribution is -2.05. The highest BCUT2D eigenvalue weighted by Crippen LogP contribution is 2.17. The third kappa shape index (κ3) is 1.44. The largest absolute Gasteiger partial charge is 0.296 e. The van der Waals surface area contributed by atoms with Gasteiger partial charge >= 0.3 is 0 Å². The van der Waals surface area contributed by atoms with Crippen molar-refractivity contribution in [3.05, 3.63) is 34.3 Å². The highest BCUT2D eigenvalue weighted by atomic mass is 19.3. The normalized spacial score (nSPS) is 10.6. The number of nitrogens with one attached hydrogen (secondary N) is 2. The van der Waals surface area contributed by atoms with E-state index < -0.39 is 12.0 Å². The zero-order valence-corrected chi connectivity index (χ0v) is 6.23. The molecule has 0 spiro atoms. The Bertz CT molecular complexity index is 326. The van der Waals surface area contributed by atoms with Crippen LogP contribution in [0.3, 0.4) is 0 Å². The van der Waals surface area contributed by atoms with Crippen LogP contribution in [0.5, 0.6) is 0 Å². The summed E-state index contributed by atoms with van der Waals surface area (Å²) in [4.78, 5) is 10.9. The Morgan fingerprint density at radius 1 is 1.50 bits per heavy atom. The molecule has 0 amide bonds. The maximum atomic E-state index is 12.1. The van der Waals surface area contributed by atoms with E-state index in [1.165, 1.54) is 6.08 Å². The minimum absolute atomic E-state index is 0.0556. The Morgan fingerprint density at radius 2 is 2.17 bits per heavy atom. The van der Waals surface area contributed by atoms with Gasteiger partial charge in [0.2, 0.25) is 0 Å². The zero-order chi connectivity index (χ0) is 9.14. The molecule has 1 rings (SSSR count). The van der Waals surface area contributed by atoms with Crippen LogP contribution in [0, 0.1) is 0 Å². The monoisotopic (exact) mass is 174 g/mol. The van der Waals surface area contributed by atoms with Crippen molar-refractivity contribution in [3.63, 3.8) is 0 Å². The summed E-state index contributed by atoms with van der Waals surface area (Å²) in [7, 11) is 0. The molecule has 1 aromatic heterocycles. The average Bonchev–Trinajstić information content (AvgIpc) is 2.34. The van der Waals surface area contributed by atoms with Crippen molar-refractivity contribution in [1.82, 2.24) is 10.2 Å². The van der Waals surface area contributed by atoms with Crippen molar-refractivity contribution in [2.75, 3.05) is 0 Å². The fourth-order valence-corrected chi connectivity index (χ4v) is 0.931. The second-order valence-electron chi connectivity index (χ2n) is 2.26. The molecule has 0 saturated carbocycles. The number of aromatic amines is 2. The molecule has 0 unspecified atom stereocenters. The molecule has 0 bridgehead atoms. The molecule has 1 heterocycles. The molecule has 0 saturated heterocycles. The summed E-state index contributed by atoms with van der Waals surface area (Å²) in [6, 6.07) is 0. The van der Waals surface area contributed by atoms with E-state index in [2.05, 4.69) is 16.8 Å². The first kappa shape index (κ1) is 8.70. The topological polar surface area (TPSA) is 48.6 Å². The summed E-state index contributed by atoms with van der Waals surface area (Å²) in [6.07, 6.45) is -1.10. The van der Waals surface area contributed by atoms with Crippen molar-refractivity contribution in [1.29, 1.82) is 0 Å². The molecular weight excluding hydrogens is 166 g/mol. The van der Waals surface area contributed by atoms with Crippen LogP contribution in [-0.2, 0) is 6.42 Å². The molecule has 66 valence electrons. The molecular formula is C7H8F2N2O. The van der Waals surface area contributed by atoms with Crippen LogP contribution in [-0.4, -0.2) is 10.2 Å². The van der Waals surface area contributed by atoms with Gasteiger partial charge in [0.1, 0.15) is 5.69 Å². The van der Waals surface area contributed by atoms with E-state index in [1.54, 1.807) is 0 Å². The van der Waals surface area contributed by atoms with Gasteiger partial charge < -0.3 is 0 Å². The standard InChI is InChI=1S/C7H8F2N2O/c1-2-3-4-5(6(8)9)10-11-7(4)12/h2,6H,1,3H2,(H2,10,11,12). The molecule has 0 radical (unpaired) electrons. The van der Waals surface area contributed by atoms with Crippen molar-refractivity contribution in [3.8, 4) is 0 Å². The minimum atomic E-state index is -2.65. The number of rotatable bonds is 3.